The zero-order valence-electron chi connectivity index (χ0n) is 8.76. The molecule has 1 saturated carbocycles. The third-order valence-corrected chi connectivity index (χ3v) is 3.35. The molecule has 1 aliphatic heterocycles. The molecule has 3 rings (SSSR count). The average Bonchev–Trinajstić information content (AvgIpc) is 2.96. The molecule has 0 spiro atoms. The quantitative estimate of drug-likeness (QED) is 0.702. The van der Waals surface area contributed by atoms with E-state index in [4.69, 9.17) is 9.47 Å². The van der Waals surface area contributed by atoms with Crippen LogP contribution in [0, 0.1) is 5.92 Å². The van der Waals surface area contributed by atoms with Crippen LogP contribution in [0.3, 0.4) is 0 Å². The van der Waals surface area contributed by atoms with E-state index in [1.165, 1.54) is 18.4 Å². The summed E-state index contributed by atoms with van der Waals surface area (Å²) in [5.74, 6) is 0.652. The standard InChI is InChI=1S/C13H16O2/c1-2-4-10(5-3-1)8-14-9-11-6-7-12-13(11)15-12/h1-5,11-13H,6-9H2/t11-,12-,13+/m0/s1. The zero-order chi connectivity index (χ0) is 10.1. The number of fused-ring (bicyclic) bond motifs is 1. The van der Waals surface area contributed by atoms with E-state index in [-0.39, 0.29) is 0 Å². The van der Waals surface area contributed by atoms with Crippen molar-refractivity contribution in [3.8, 4) is 0 Å². The number of epoxide rings is 1. The van der Waals surface area contributed by atoms with Crippen molar-refractivity contribution in [3.05, 3.63) is 35.9 Å². The van der Waals surface area contributed by atoms with Gasteiger partial charge in [0.1, 0.15) is 0 Å². The van der Waals surface area contributed by atoms with Gasteiger partial charge in [0.25, 0.3) is 0 Å². The molecule has 1 aliphatic carbocycles. The number of hydrogen-bond acceptors (Lipinski definition) is 2. The van der Waals surface area contributed by atoms with Gasteiger partial charge in [-0.15, -0.1) is 0 Å². The van der Waals surface area contributed by atoms with Crippen LogP contribution < -0.4 is 0 Å². The summed E-state index contributed by atoms with van der Waals surface area (Å²) in [6, 6.07) is 10.3. The molecule has 1 aromatic rings. The van der Waals surface area contributed by atoms with E-state index in [1.807, 2.05) is 18.2 Å². The second kappa shape index (κ2) is 3.95. The number of ether oxygens (including phenoxy) is 2. The molecule has 15 heavy (non-hydrogen) atoms. The Morgan fingerprint density at radius 3 is 2.73 bits per heavy atom. The predicted octanol–water partition coefficient (Wildman–Crippen LogP) is 2.38. The minimum Gasteiger partial charge on any atom is -0.376 e. The number of benzene rings is 1. The van der Waals surface area contributed by atoms with Crippen molar-refractivity contribution >= 4 is 0 Å². The molecule has 2 aliphatic rings. The topological polar surface area (TPSA) is 21.8 Å². The summed E-state index contributed by atoms with van der Waals surface area (Å²) in [7, 11) is 0. The van der Waals surface area contributed by atoms with E-state index >= 15 is 0 Å². The fourth-order valence-corrected chi connectivity index (χ4v) is 2.43. The predicted molar refractivity (Wildman–Crippen MR) is 57.5 cm³/mol. The lowest BCUT2D eigenvalue weighted by Gasteiger charge is -2.10. The van der Waals surface area contributed by atoms with Crippen LogP contribution in [0.1, 0.15) is 18.4 Å². The molecule has 0 bridgehead atoms. The molecule has 2 nitrogen and oxygen atoms in total. The molecule has 0 N–H and O–H groups in total. The van der Waals surface area contributed by atoms with Gasteiger partial charge in [-0.05, 0) is 18.4 Å². The van der Waals surface area contributed by atoms with Crippen LogP contribution in [-0.2, 0) is 16.1 Å². The Balaban J connectivity index is 1.43. The zero-order valence-corrected chi connectivity index (χ0v) is 8.76. The summed E-state index contributed by atoms with van der Waals surface area (Å²) in [4.78, 5) is 0. The number of rotatable bonds is 4. The first-order valence-corrected chi connectivity index (χ1v) is 5.70. The Morgan fingerprint density at radius 2 is 2.07 bits per heavy atom. The average molecular weight is 204 g/mol. The van der Waals surface area contributed by atoms with E-state index in [2.05, 4.69) is 12.1 Å². The summed E-state index contributed by atoms with van der Waals surface area (Å²) in [5, 5.41) is 0. The molecule has 3 atom stereocenters. The maximum Gasteiger partial charge on any atom is 0.0891 e. The van der Waals surface area contributed by atoms with Gasteiger partial charge in [0.2, 0.25) is 0 Å². The first-order valence-electron chi connectivity index (χ1n) is 5.70. The van der Waals surface area contributed by atoms with Crippen molar-refractivity contribution in [3.63, 3.8) is 0 Å². The van der Waals surface area contributed by atoms with E-state index in [0.717, 1.165) is 13.2 Å². The van der Waals surface area contributed by atoms with Gasteiger partial charge in [-0.2, -0.15) is 0 Å². The van der Waals surface area contributed by atoms with E-state index < -0.39 is 0 Å². The molecule has 0 aromatic heterocycles. The van der Waals surface area contributed by atoms with Crippen LogP contribution in [-0.4, -0.2) is 18.8 Å². The highest BCUT2D eigenvalue weighted by atomic mass is 16.6. The van der Waals surface area contributed by atoms with Crippen molar-refractivity contribution in [1.29, 1.82) is 0 Å². The van der Waals surface area contributed by atoms with Crippen LogP contribution in [0.2, 0.25) is 0 Å². The summed E-state index contributed by atoms with van der Waals surface area (Å²) in [6.45, 7) is 1.59. The molecule has 1 aromatic carbocycles. The minimum absolute atomic E-state index is 0.528. The molecule has 1 heterocycles. The highest BCUT2D eigenvalue weighted by molar-refractivity contribution is 5.13. The maximum absolute atomic E-state index is 5.72. The lowest BCUT2D eigenvalue weighted by Crippen LogP contribution is -2.12. The van der Waals surface area contributed by atoms with E-state index in [0.29, 0.717) is 18.1 Å². The fourth-order valence-electron chi connectivity index (χ4n) is 2.43. The SMILES string of the molecule is c1ccc(COC[C@@H]2CC[C@@H]3O[C@H]23)cc1. The van der Waals surface area contributed by atoms with Crippen molar-refractivity contribution in [2.75, 3.05) is 6.61 Å². The summed E-state index contributed by atoms with van der Waals surface area (Å²) in [6.07, 6.45) is 3.63. The Bertz CT molecular complexity index is 323. The Labute approximate surface area is 90.2 Å². The fraction of sp³-hybridized carbons (Fsp3) is 0.538. The summed E-state index contributed by atoms with van der Waals surface area (Å²) >= 11 is 0. The van der Waals surface area contributed by atoms with Crippen molar-refractivity contribution in [1.82, 2.24) is 0 Å². The number of hydrogen-bond donors (Lipinski definition) is 0. The molecular weight excluding hydrogens is 188 g/mol. The second-order valence-electron chi connectivity index (χ2n) is 4.48. The first-order chi connectivity index (χ1) is 7.43. The van der Waals surface area contributed by atoms with Gasteiger partial charge in [-0.25, -0.2) is 0 Å². The van der Waals surface area contributed by atoms with Gasteiger partial charge in [-0.1, -0.05) is 30.3 Å². The van der Waals surface area contributed by atoms with Crippen LogP contribution in [0.25, 0.3) is 0 Å². The first kappa shape index (κ1) is 9.37. The van der Waals surface area contributed by atoms with Gasteiger partial charge in [0.15, 0.2) is 0 Å². The van der Waals surface area contributed by atoms with Gasteiger partial charge < -0.3 is 9.47 Å². The molecule has 0 amide bonds. The van der Waals surface area contributed by atoms with Gasteiger partial charge in [-0.3, -0.25) is 0 Å². The molecule has 0 radical (unpaired) electrons. The van der Waals surface area contributed by atoms with Crippen LogP contribution in [0.5, 0.6) is 0 Å². The summed E-state index contributed by atoms with van der Waals surface area (Å²) in [5.41, 5.74) is 1.25. The Hall–Kier alpha value is -0.860. The van der Waals surface area contributed by atoms with Gasteiger partial charge >= 0.3 is 0 Å². The van der Waals surface area contributed by atoms with Crippen LogP contribution >= 0.6 is 0 Å². The lowest BCUT2D eigenvalue weighted by atomic mass is 10.1. The van der Waals surface area contributed by atoms with Crippen molar-refractivity contribution in [2.24, 2.45) is 5.92 Å². The highest BCUT2D eigenvalue weighted by Gasteiger charge is 2.49. The van der Waals surface area contributed by atoms with Gasteiger partial charge in [0, 0.05) is 5.92 Å². The smallest absolute Gasteiger partial charge is 0.0891 e. The Morgan fingerprint density at radius 1 is 1.20 bits per heavy atom. The molecule has 2 heteroatoms. The third kappa shape index (κ3) is 2.06. The molecule has 80 valence electrons. The van der Waals surface area contributed by atoms with Crippen LogP contribution in [0.15, 0.2) is 30.3 Å². The third-order valence-electron chi connectivity index (χ3n) is 3.35. The van der Waals surface area contributed by atoms with Gasteiger partial charge in [0.05, 0.1) is 25.4 Å². The molecule has 1 saturated heterocycles. The summed E-state index contributed by atoms with van der Waals surface area (Å²) < 4.78 is 11.2. The van der Waals surface area contributed by atoms with Crippen molar-refractivity contribution < 1.29 is 9.47 Å². The molecule has 0 unspecified atom stereocenters. The monoisotopic (exact) mass is 204 g/mol. The minimum atomic E-state index is 0.528. The van der Waals surface area contributed by atoms with Crippen LogP contribution in [0.4, 0.5) is 0 Å². The molecular formula is C13H16O2. The largest absolute Gasteiger partial charge is 0.376 e. The van der Waals surface area contributed by atoms with E-state index in [1.54, 1.807) is 0 Å². The second-order valence-corrected chi connectivity index (χ2v) is 4.48. The highest BCUT2D eigenvalue weighted by Crippen LogP contribution is 2.42. The maximum atomic E-state index is 5.72. The molecule has 2 fully saturated rings. The van der Waals surface area contributed by atoms with Crippen molar-refractivity contribution in [2.45, 2.75) is 31.7 Å². The van der Waals surface area contributed by atoms with E-state index in [9.17, 15) is 0 Å². The Kier molecular flexibility index (Phi) is 2.47. The normalized spacial score (nSPS) is 32.7. The lowest BCUT2D eigenvalue weighted by molar-refractivity contribution is 0.0720.